The number of ketones is 1. The maximum Gasteiger partial charge on any atom is 0.322 e. The van der Waals surface area contributed by atoms with Crippen molar-refractivity contribution in [3.63, 3.8) is 0 Å². The van der Waals surface area contributed by atoms with Crippen LogP contribution in [0.1, 0.15) is 36.4 Å². The second kappa shape index (κ2) is 8.67. The summed E-state index contributed by atoms with van der Waals surface area (Å²) >= 11 is 0. The van der Waals surface area contributed by atoms with E-state index in [-0.39, 0.29) is 19.5 Å². The third kappa shape index (κ3) is 4.79. The van der Waals surface area contributed by atoms with Gasteiger partial charge < -0.3 is 15.3 Å². The van der Waals surface area contributed by atoms with Crippen LogP contribution in [0.4, 0.5) is 0 Å². The number of aromatic nitrogens is 1. The van der Waals surface area contributed by atoms with E-state index in [2.05, 4.69) is 22.4 Å². The van der Waals surface area contributed by atoms with Gasteiger partial charge in [0.15, 0.2) is 11.7 Å². The maximum absolute atomic E-state index is 12.7. The molecule has 2 aromatic rings. The highest BCUT2D eigenvalue weighted by atomic mass is 16.4. The van der Waals surface area contributed by atoms with E-state index in [1.165, 1.54) is 17.7 Å². The number of rotatable bonds is 7. The van der Waals surface area contributed by atoms with Crippen molar-refractivity contribution in [1.82, 2.24) is 15.2 Å². The van der Waals surface area contributed by atoms with Gasteiger partial charge in [-0.05, 0) is 30.0 Å². The Morgan fingerprint density at radius 3 is 2.39 bits per heavy atom. The topological polar surface area (TPSA) is 117 Å². The molecule has 4 rings (SSSR count). The van der Waals surface area contributed by atoms with E-state index < -0.39 is 36.0 Å². The van der Waals surface area contributed by atoms with E-state index >= 15 is 0 Å². The molecule has 31 heavy (non-hydrogen) atoms. The Morgan fingerprint density at radius 1 is 1.06 bits per heavy atom. The third-order valence-electron chi connectivity index (χ3n) is 5.63. The number of nitrogens with zero attached hydrogens (tertiary/aromatic N) is 2. The van der Waals surface area contributed by atoms with Gasteiger partial charge in [0.2, 0.25) is 11.8 Å². The van der Waals surface area contributed by atoms with Crippen molar-refractivity contribution in [2.45, 2.75) is 31.7 Å². The first-order chi connectivity index (χ1) is 14.9. The Hall–Kier alpha value is -3.55. The lowest BCUT2D eigenvalue weighted by atomic mass is 9.94. The number of likely N-dealkylation sites (tertiary alicyclic amines) is 1. The monoisotopic (exact) mass is 421 g/mol. The van der Waals surface area contributed by atoms with Crippen LogP contribution in [0.5, 0.6) is 0 Å². The van der Waals surface area contributed by atoms with Crippen molar-refractivity contribution in [2.75, 3.05) is 13.1 Å². The van der Waals surface area contributed by atoms with Gasteiger partial charge in [0.05, 0.1) is 0 Å². The fourth-order valence-corrected chi connectivity index (χ4v) is 3.72. The molecule has 1 atom stereocenters. The van der Waals surface area contributed by atoms with E-state index in [1.54, 1.807) is 0 Å². The van der Waals surface area contributed by atoms with Gasteiger partial charge in [-0.3, -0.25) is 24.2 Å². The number of hydrogen-bond donors (Lipinski definition) is 2. The van der Waals surface area contributed by atoms with Crippen LogP contribution >= 0.6 is 0 Å². The summed E-state index contributed by atoms with van der Waals surface area (Å²) in [5.74, 6) is -4.05. The molecule has 2 N–H and O–H groups in total. The Balaban J connectivity index is 1.41. The SMILES string of the molecule is O=C(O)CNC(=O)C1C(=O)CCN(Cc2ccc(-c3ccc(C4CC4)nc3)cc2)C1=O. The zero-order valence-electron chi connectivity index (χ0n) is 16.9. The second-order valence-corrected chi connectivity index (χ2v) is 7.96. The lowest BCUT2D eigenvalue weighted by Crippen LogP contribution is -2.52. The summed E-state index contributed by atoms with van der Waals surface area (Å²) in [6.45, 7) is -0.128. The molecule has 8 nitrogen and oxygen atoms in total. The van der Waals surface area contributed by atoms with Crippen LogP contribution in [0.3, 0.4) is 0 Å². The summed E-state index contributed by atoms with van der Waals surface area (Å²) in [7, 11) is 0. The van der Waals surface area contributed by atoms with Crippen molar-refractivity contribution >= 4 is 23.6 Å². The van der Waals surface area contributed by atoms with Crippen LogP contribution < -0.4 is 5.32 Å². The Morgan fingerprint density at radius 2 is 1.77 bits per heavy atom. The summed E-state index contributed by atoms with van der Waals surface area (Å²) in [6.07, 6.45) is 4.37. The molecule has 1 aliphatic heterocycles. The molecule has 2 amide bonds. The highest BCUT2D eigenvalue weighted by Gasteiger charge is 2.40. The minimum Gasteiger partial charge on any atom is -0.480 e. The third-order valence-corrected chi connectivity index (χ3v) is 5.63. The average molecular weight is 421 g/mol. The Kier molecular flexibility index (Phi) is 5.79. The summed E-state index contributed by atoms with van der Waals surface area (Å²) < 4.78 is 0. The number of carboxylic acids is 1. The van der Waals surface area contributed by atoms with Crippen LogP contribution in [-0.2, 0) is 25.7 Å². The molecule has 2 aliphatic rings. The quantitative estimate of drug-likeness (QED) is 0.658. The zero-order chi connectivity index (χ0) is 22.0. The number of benzene rings is 1. The molecule has 0 radical (unpaired) electrons. The molecule has 1 saturated carbocycles. The fourth-order valence-electron chi connectivity index (χ4n) is 3.72. The van der Waals surface area contributed by atoms with Gasteiger partial charge in [-0.15, -0.1) is 0 Å². The van der Waals surface area contributed by atoms with Gasteiger partial charge in [0.25, 0.3) is 0 Å². The van der Waals surface area contributed by atoms with Crippen LogP contribution in [0, 0.1) is 5.92 Å². The van der Waals surface area contributed by atoms with Crippen molar-refractivity contribution in [3.05, 3.63) is 53.9 Å². The van der Waals surface area contributed by atoms with Crippen LogP contribution in [0.15, 0.2) is 42.6 Å². The molecular formula is C23H23N3O5. The van der Waals surface area contributed by atoms with Crippen LogP contribution in [-0.4, -0.2) is 51.6 Å². The number of carboxylic acid groups (broad SMARTS) is 1. The molecule has 0 spiro atoms. The number of nitrogens with one attached hydrogen (secondary N) is 1. The number of hydrogen-bond acceptors (Lipinski definition) is 5. The molecule has 1 aromatic carbocycles. The summed E-state index contributed by atoms with van der Waals surface area (Å²) in [6, 6.07) is 11.9. The molecule has 8 heteroatoms. The molecule has 1 saturated heterocycles. The van der Waals surface area contributed by atoms with E-state index in [4.69, 9.17) is 5.11 Å². The lowest BCUT2D eigenvalue weighted by molar-refractivity contribution is -0.152. The molecule has 1 aromatic heterocycles. The highest BCUT2D eigenvalue weighted by molar-refractivity contribution is 6.19. The molecule has 2 heterocycles. The first-order valence-electron chi connectivity index (χ1n) is 10.3. The number of carbonyl (C=O) groups is 4. The number of aliphatic carboxylic acids is 1. The number of piperidine rings is 1. The second-order valence-electron chi connectivity index (χ2n) is 7.96. The lowest BCUT2D eigenvalue weighted by Gasteiger charge is -2.30. The zero-order valence-corrected chi connectivity index (χ0v) is 16.9. The smallest absolute Gasteiger partial charge is 0.322 e. The summed E-state index contributed by atoms with van der Waals surface area (Å²) in [5, 5.41) is 10.8. The minimum absolute atomic E-state index is 0.0635. The van der Waals surface area contributed by atoms with E-state index in [1.807, 2.05) is 30.5 Å². The minimum atomic E-state index is -1.48. The summed E-state index contributed by atoms with van der Waals surface area (Å²) in [5.41, 5.74) is 4.05. The maximum atomic E-state index is 12.7. The number of amides is 2. The van der Waals surface area contributed by atoms with E-state index in [9.17, 15) is 19.2 Å². The molecule has 160 valence electrons. The van der Waals surface area contributed by atoms with Crippen LogP contribution in [0.25, 0.3) is 11.1 Å². The van der Waals surface area contributed by atoms with Gasteiger partial charge >= 0.3 is 5.97 Å². The van der Waals surface area contributed by atoms with Crippen LogP contribution in [0.2, 0.25) is 0 Å². The van der Waals surface area contributed by atoms with E-state index in [0.717, 1.165) is 22.4 Å². The fraction of sp³-hybridized carbons (Fsp3) is 0.348. The van der Waals surface area contributed by atoms with Crippen molar-refractivity contribution < 1.29 is 24.3 Å². The predicted molar refractivity (Wildman–Crippen MR) is 111 cm³/mol. The first kappa shape index (κ1) is 20.7. The normalized spacial score (nSPS) is 18.7. The average Bonchev–Trinajstić information content (AvgIpc) is 3.60. The van der Waals surface area contributed by atoms with Crippen molar-refractivity contribution in [1.29, 1.82) is 0 Å². The molecule has 1 aliphatic carbocycles. The van der Waals surface area contributed by atoms with Gasteiger partial charge in [0.1, 0.15) is 6.54 Å². The van der Waals surface area contributed by atoms with Crippen molar-refractivity contribution in [3.8, 4) is 11.1 Å². The largest absolute Gasteiger partial charge is 0.480 e. The predicted octanol–water partition coefficient (Wildman–Crippen LogP) is 1.74. The standard InChI is InChI=1S/C23H23N3O5/c27-19-9-10-26(23(31)21(19)22(30)25-12-20(28)29)13-14-1-3-15(4-2-14)17-7-8-18(24-11-17)16-5-6-16/h1-4,7-8,11,16,21H,5-6,9-10,12-13H2,(H,25,30)(H,28,29). The summed E-state index contributed by atoms with van der Waals surface area (Å²) in [4.78, 5) is 53.6. The Bertz CT molecular complexity index is 1010. The van der Waals surface area contributed by atoms with Gasteiger partial charge in [-0.1, -0.05) is 30.3 Å². The molecule has 2 fully saturated rings. The molecule has 0 bridgehead atoms. The van der Waals surface area contributed by atoms with Gasteiger partial charge in [0, 0.05) is 42.9 Å². The van der Waals surface area contributed by atoms with Crippen molar-refractivity contribution in [2.24, 2.45) is 5.92 Å². The van der Waals surface area contributed by atoms with Gasteiger partial charge in [-0.25, -0.2) is 0 Å². The van der Waals surface area contributed by atoms with Gasteiger partial charge in [-0.2, -0.15) is 0 Å². The molecular weight excluding hydrogens is 398 g/mol. The number of pyridine rings is 1. The highest BCUT2D eigenvalue weighted by Crippen LogP contribution is 2.39. The number of Topliss-reactive ketones (excluding diaryl/α,β-unsaturated/α-hetero) is 1. The van der Waals surface area contributed by atoms with E-state index in [0.29, 0.717) is 5.92 Å². The Labute approximate surface area is 179 Å². The number of carbonyl (C=O) groups excluding carboxylic acids is 3. The molecule has 1 unspecified atom stereocenters. The first-order valence-corrected chi connectivity index (χ1v) is 10.3.